The van der Waals surface area contributed by atoms with Crippen LogP contribution in [0.15, 0.2) is 0 Å². The highest BCUT2D eigenvalue weighted by Gasteiger charge is 2.29. The third kappa shape index (κ3) is 5.11. The molecule has 5 heteroatoms. The summed E-state index contributed by atoms with van der Waals surface area (Å²) in [5.74, 6) is 1.52. The van der Waals surface area contributed by atoms with Crippen molar-refractivity contribution in [1.82, 2.24) is 15.5 Å². The maximum Gasteiger partial charge on any atom is 0.223 e. The minimum absolute atomic E-state index is 0. The third-order valence-electron chi connectivity index (χ3n) is 5.14. The molecule has 21 heavy (non-hydrogen) atoms. The molecule has 3 aliphatic rings. The van der Waals surface area contributed by atoms with Crippen molar-refractivity contribution in [3.8, 4) is 0 Å². The Bertz CT molecular complexity index is 340. The van der Waals surface area contributed by atoms with Crippen LogP contribution in [0.25, 0.3) is 0 Å². The van der Waals surface area contributed by atoms with Crippen molar-refractivity contribution in [3.05, 3.63) is 0 Å². The summed E-state index contributed by atoms with van der Waals surface area (Å²) in [4.78, 5) is 14.9. The molecule has 4 nitrogen and oxygen atoms in total. The van der Waals surface area contributed by atoms with Crippen molar-refractivity contribution >= 4 is 18.3 Å². The van der Waals surface area contributed by atoms with Gasteiger partial charge in [0.05, 0.1) is 0 Å². The summed E-state index contributed by atoms with van der Waals surface area (Å²) in [6.07, 6.45) is 7.14. The summed E-state index contributed by atoms with van der Waals surface area (Å²) in [7, 11) is 0. The lowest BCUT2D eigenvalue weighted by atomic mass is 9.92. The highest BCUT2D eigenvalue weighted by atomic mass is 35.5. The topological polar surface area (TPSA) is 44.4 Å². The Kier molecular flexibility index (Phi) is 6.33. The average molecular weight is 316 g/mol. The van der Waals surface area contributed by atoms with Gasteiger partial charge in [-0.2, -0.15) is 0 Å². The van der Waals surface area contributed by atoms with Gasteiger partial charge < -0.3 is 15.5 Å². The summed E-state index contributed by atoms with van der Waals surface area (Å²) < 4.78 is 0. The number of piperidine rings is 2. The van der Waals surface area contributed by atoms with Crippen LogP contribution in [0.5, 0.6) is 0 Å². The van der Waals surface area contributed by atoms with Crippen molar-refractivity contribution in [2.75, 3.05) is 26.2 Å². The Hall–Kier alpha value is -0.320. The molecule has 2 saturated heterocycles. The fraction of sp³-hybridized carbons (Fsp3) is 0.938. The molecule has 1 aliphatic carbocycles. The van der Waals surface area contributed by atoms with E-state index in [4.69, 9.17) is 0 Å². The largest absolute Gasteiger partial charge is 0.353 e. The summed E-state index contributed by atoms with van der Waals surface area (Å²) in [6.45, 7) is 6.80. The first-order chi connectivity index (χ1) is 9.70. The van der Waals surface area contributed by atoms with Gasteiger partial charge in [-0.15, -0.1) is 12.4 Å². The zero-order valence-corrected chi connectivity index (χ0v) is 14.0. The van der Waals surface area contributed by atoms with E-state index in [1.54, 1.807) is 0 Å². The summed E-state index contributed by atoms with van der Waals surface area (Å²) in [5, 5.41) is 6.72. The first-order valence-corrected chi connectivity index (χ1v) is 8.47. The van der Waals surface area contributed by atoms with Gasteiger partial charge in [0, 0.05) is 37.6 Å². The highest BCUT2D eigenvalue weighted by Crippen LogP contribution is 2.30. The number of hydrogen-bond donors (Lipinski definition) is 2. The van der Waals surface area contributed by atoms with E-state index >= 15 is 0 Å². The van der Waals surface area contributed by atoms with Crippen molar-refractivity contribution in [3.63, 3.8) is 0 Å². The van der Waals surface area contributed by atoms with Crippen molar-refractivity contribution < 1.29 is 4.79 Å². The van der Waals surface area contributed by atoms with Gasteiger partial charge in [-0.1, -0.05) is 0 Å². The summed E-state index contributed by atoms with van der Waals surface area (Å²) in [6, 6.07) is 0.906. The Balaban J connectivity index is 0.00000161. The molecule has 0 aromatic heterocycles. The van der Waals surface area contributed by atoms with E-state index in [1.165, 1.54) is 32.5 Å². The van der Waals surface area contributed by atoms with Gasteiger partial charge in [0.2, 0.25) is 5.91 Å². The van der Waals surface area contributed by atoms with Crippen molar-refractivity contribution in [1.29, 1.82) is 0 Å². The molecule has 3 fully saturated rings. The number of rotatable bonds is 4. The molecule has 1 saturated carbocycles. The number of halogens is 1. The van der Waals surface area contributed by atoms with Crippen LogP contribution in [0.4, 0.5) is 0 Å². The number of carbonyl (C=O) groups is 1. The number of likely N-dealkylation sites (tertiary alicyclic amines) is 1. The normalized spacial score (nSPS) is 31.5. The van der Waals surface area contributed by atoms with E-state index in [0.717, 1.165) is 38.1 Å². The molecular weight excluding hydrogens is 286 g/mol. The maximum atomic E-state index is 12.3. The molecule has 2 atom stereocenters. The van der Waals surface area contributed by atoms with Gasteiger partial charge in [-0.25, -0.2) is 0 Å². The van der Waals surface area contributed by atoms with E-state index in [-0.39, 0.29) is 18.3 Å². The third-order valence-corrected chi connectivity index (χ3v) is 5.14. The van der Waals surface area contributed by atoms with E-state index in [1.807, 2.05) is 0 Å². The van der Waals surface area contributed by atoms with Crippen molar-refractivity contribution in [2.24, 2.45) is 11.8 Å². The van der Waals surface area contributed by atoms with Crippen LogP contribution in [0.3, 0.4) is 0 Å². The molecule has 2 heterocycles. The van der Waals surface area contributed by atoms with Gasteiger partial charge in [-0.05, 0) is 57.9 Å². The number of amides is 1. The molecule has 0 bridgehead atoms. The number of nitrogens with one attached hydrogen (secondary N) is 2. The zero-order valence-electron chi connectivity index (χ0n) is 13.1. The van der Waals surface area contributed by atoms with Gasteiger partial charge in [0.25, 0.3) is 0 Å². The molecule has 0 aromatic carbocycles. The SMILES string of the molecule is C[C@H]1C[C@@H](C(=O)NC2CCN(CC3CC3)CC2)CCN1.Cl. The van der Waals surface area contributed by atoms with E-state index < -0.39 is 0 Å². The predicted octanol–water partition coefficient (Wildman–Crippen LogP) is 1.79. The van der Waals surface area contributed by atoms with Crippen LogP contribution in [0.2, 0.25) is 0 Å². The quantitative estimate of drug-likeness (QED) is 0.831. The molecule has 0 aromatic rings. The van der Waals surface area contributed by atoms with Crippen LogP contribution in [0, 0.1) is 11.8 Å². The zero-order chi connectivity index (χ0) is 13.9. The van der Waals surface area contributed by atoms with E-state index in [2.05, 4.69) is 22.5 Å². The Labute approximate surface area is 134 Å². The Morgan fingerprint density at radius 2 is 1.90 bits per heavy atom. The van der Waals surface area contributed by atoms with Gasteiger partial charge >= 0.3 is 0 Å². The molecule has 0 unspecified atom stereocenters. The minimum Gasteiger partial charge on any atom is -0.353 e. The van der Waals surface area contributed by atoms with Gasteiger partial charge in [-0.3, -0.25) is 4.79 Å². The second kappa shape index (κ2) is 7.80. The smallest absolute Gasteiger partial charge is 0.223 e. The van der Waals surface area contributed by atoms with Gasteiger partial charge in [0.15, 0.2) is 0 Å². The van der Waals surface area contributed by atoms with Crippen LogP contribution in [-0.2, 0) is 4.79 Å². The first kappa shape index (κ1) is 17.0. The van der Waals surface area contributed by atoms with Crippen LogP contribution in [0.1, 0.15) is 45.4 Å². The molecule has 0 radical (unpaired) electrons. The predicted molar refractivity (Wildman–Crippen MR) is 87.8 cm³/mol. The van der Waals surface area contributed by atoms with Crippen molar-refractivity contribution in [2.45, 2.75) is 57.5 Å². The first-order valence-electron chi connectivity index (χ1n) is 8.47. The number of carbonyl (C=O) groups excluding carboxylic acids is 1. The molecular formula is C16H30ClN3O. The number of hydrogen-bond acceptors (Lipinski definition) is 3. The fourth-order valence-corrected chi connectivity index (χ4v) is 3.61. The fourth-order valence-electron chi connectivity index (χ4n) is 3.61. The second-order valence-corrected chi connectivity index (χ2v) is 7.10. The Morgan fingerprint density at radius 3 is 2.52 bits per heavy atom. The minimum atomic E-state index is 0. The average Bonchev–Trinajstić information content (AvgIpc) is 3.25. The lowest BCUT2D eigenvalue weighted by molar-refractivity contribution is -0.127. The van der Waals surface area contributed by atoms with Crippen LogP contribution in [-0.4, -0.2) is 49.1 Å². The van der Waals surface area contributed by atoms with Crippen LogP contribution < -0.4 is 10.6 Å². The Morgan fingerprint density at radius 1 is 1.19 bits per heavy atom. The standard InChI is InChI=1S/C16H29N3O.ClH/c1-12-10-14(4-7-17-12)16(20)18-15-5-8-19(9-6-15)11-13-2-3-13;/h12-15,17H,2-11H2,1H3,(H,18,20);1H/t12-,14-;/m0./s1. The lowest BCUT2D eigenvalue weighted by Gasteiger charge is -2.34. The maximum absolute atomic E-state index is 12.3. The van der Waals surface area contributed by atoms with E-state index in [0.29, 0.717) is 18.0 Å². The second-order valence-electron chi connectivity index (χ2n) is 7.10. The molecule has 3 rings (SSSR count). The van der Waals surface area contributed by atoms with Gasteiger partial charge in [0.1, 0.15) is 0 Å². The summed E-state index contributed by atoms with van der Waals surface area (Å²) >= 11 is 0. The highest BCUT2D eigenvalue weighted by molar-refractivity contribution is 5.85. The summed E-state index contributed by atoms with van der Waals surface area (Å²) in [5.41, 5.74) is 0. The van der Waals surface area contributed by atoms with Crippen LogP contribution >= 0.6 is 12.4 Å². The molecule has 2 aliphatic heterocycles. The molecule has 2 N–H and O–H groups in total. The lowest BCUT2D eigenvalue weighted by Crippen LogP contribution is -2.49. The molecule has 122 valence electrons. The molecule has 1 amide bonds. The number of nitrogens with zero attached hydrogens (tertiary/aromatic N) is 1. The molecule has 0 spiro atoms. The monoisotopic (exact) mass is 315 g/mol. The van der Waals surface area contributed by atoms with E-state index in [9.17, 15) is 4.79 Å².